The number of carbonyl (C=O) groups excluding carboxylic acids is 3. The van der Waals surface area contributed by atoms with Crippen molar-refractivity contribution < 1.29 is 116 Å². The molecule has 0 fully saturated rings. The van der Waals surface area contributed by atoms with Gasteiger partial charge in [-0.1, -0.05) is 18.2 Å². The molecule has 0 amide bonds. The molecular weight excluding hydrogens is 860 g/mol. The van der Waals surface area contributed by atoms with E-state index in [0.29, 0.717) is 26.4 Å². The van der Waals surface area contributed by atoms with Crippen LogP contribution in [0, 0.1) is 0 Å². The molecule has 3 rings (SSSR count). The Morgan fingerprint density at radius 1 is 0.558 bits per heavy atom. The second-order valence-electron chi connectivity index (χ2n) is 8.64. The van der Waals surface area contributed by atoms with Crippen LogP contribution in [0.3, 0.4) is 0 Å². The largest absolute Gasteiger partial charge is 3.00 e. The molecule has 0 aliphatic heterocycles. The Bertz CT molecular complexity index is 1350. The SMILES string of the molecule is COCCOCCOC.O=C(/C=C(\[O-])C(F)(F)F)c1cccs1.O=C(/C=C(\[O-])C(F)(F)F)c1cccs1.O=C(/C=C(\[O-])C(F)(F)F)c1cccs1.[Y+3]. The van der Waals surface area contributed by atoms with Gasteiger partial charge in [0.1, 0.15) is 0 Å². The van der Waals surface area contributed by atoms with E-state index in [-0.39, 0.29) is 65.6 Å². The summed E-state index contributed by atoms with van der Waals surface area (Å²) in [5.41, 5.74) is 0. The maximum atomic E-state index is 11.7. The predicted molar refractivity (Wildman–Crippen MR) is 163 cm³/mol. The zero-order valence-electron chi connectivity index (χ0n) is 26.6. The number of methoxy groups -OCH3 is 2. The molecule has 0 N–H and O–H groups in total. The quantitative estimate of drug-likeness (QED) is 0.0756. The Kier molecular flexibility index (Phi) is 25.6. The molecule has 3 aromatic rings. The summed E-state index contributed by atoms with van der Waals surface area (Å²) < 4.78 is 120. The smallest absolute Gasteiger partial charge is 0.869 e. The van der Waals surface area contributed by atoms with Gasteiger partial charge in [-0.2, -0.15) is 39.5 Å². The topological polar surface area (TPSA) is 148 Å². The summed E-state index contributed by atoms with van der Waals surface area (Å²) in [5, 5.41) is 35.7. The van der Waals surface area contributed by atoms with Gasteiger partial charge in [0.15, 0.2) is 17.3 Å². The first kappa shape index (κ1) is 51.2. The van der Waals surface area contributed by atoms with E-state index in [1.54, 1.807) is 30.4 Å². The molecule has 0 spiro atoms. The maximum absolute atomic E-state index is 11.7. The van der Waals surface area contributed by atoms with Gasteiger partial charge in [0.05, 0.1) is 41.1 Å². The molecule has 284 valence electrons. The third-order valence-corrected chi connectivity index (χ3v) is 7.43. The van der Waals surface area contributed by atoms with Crippen LogP contribution in [0.15, 0.2) is 88.0 Å². The number of rotatable bonds is 12. The van der Waals surface area contributed by atoms with Crippen molar-refractivity contribution in [2.75, 3.05) is 40.6 Å². The van der Waals surface area contributed by atoms with Crippen molar-refractivity contribution in [3.63, 3.8) is 0 Å². The minimum absolute atomic E-state index is 0. The van der Waals surface area contributed by atoms with Crippen LogP contribution < -0.4 is 15.3 Å². The van der Waals surface area contributed by atoms with E-state index in [9.17, 15) is 69.2 Å². The summed E-state index contributed by atoms with van der Waals surface area (Å²) in [6.45, 7) is 2.62. The molecule has 0 bridgehead atoms. The van der Waals surface area contributed by atoms with Crippen molar-refractivity contribution in [3.8, 4) is 0 Å². The van der Waals surface area contributed by atoms with E-state index in [0.717, 1.165) is 34.0 Å². The van der Waals surface area contributed by atoms with Gasteiger partial charge in [-0.05, 0) is 69.8 Å². The van der Waals surface area contributed by atoms with Crippen molar-refractivity contribution in [1.82, 2.24) is 0 Å². The van der Waals surface area contributed by atoms with Crippen molar-refractivity contribution >= 4 is 51.4 Å². The number of ketones is 3. The van der Waals surface area contributed by atoms with Gasteiger partial charge in [0.2, 0.25) is 0 Å². The minimum atomic E-state index is -4.98. The Morgan fingerprint density at radius 3 is 0.981 bits per heavy atom. The van der Waals surface area contributed by atoms with Crippen molar-refractivity contribution in [2.24, 2.45) is 0 Å². The Morgan fingerprint density at radius 2 is 0.808 bits per heavy atom. The van der Waals surface area contributed by atoms with E-state index in [1.807, 2.05) is 0 Å². The standard InChI is InChI=1S/3C8H5F3O2S.C6H14O3.Y/c3*9-8(10,11)7(13)4-5(12)6-2-1-3-14-6;1-7-3-5-9-6-4-8-2;/h3*1-4,13H;3-6H2,1-2H3;/q;;;;+3/p-3/b3*7-4-;;. The van der Waals surface area contributed by atoms with E-state index in [2.05, 4.69) is 0 Å². The summed E-state index contributed by atoms with van der Waals surface area (Å²) in [7, 11) is 3.30. The van der Waals surface area contributed by atoms with Crippen LogP contribution in [0.4, 0.5) is 39.5 Å². The molecule has 0 radical (unpaired) electrons. The summed E-state index contributed by atoms with van der Waals surface area (Å²) in [4.78, 5) is 33.3. The number of hydrogen-bond donors (Lipinski definition) is 0. The fraction of sp³-hybridized carbons (Fsp3) is 0.300. The average Bonchev–Trinajstić information content (AvgIpc) is 3.85. The van der Waals surface area contributed by atoms with E-state index >= 15 is 0 Å². The van der Waals surface area contributed by atoms with Gasteiger partial charge < -0.3 is 29.5 Å². The van der Waals surface area contributed by atoms with Crippen molar-refractivity contribution in [2.45, 2.75) is 18.5 Å². The molecule has 0 atom stereocenters. The molecule has 52 heavy (non-hydrogen) atoms. The molecule has 0 aliphatic rings. The van der Waals surface area contributed by atoms with E-state index < -0.39 is 53.2 Å². The van der Waals surface area contributed by atoms with Gasteiger partial charge in [-0.3, -0.25) is 14.4 Å². The number of ether oxygens (including phenoxy) is 3. The number of carbonyl (C=O) groups is 3. The van der Waals surface area contributed by atoms with E-state index in [4.69, 9.17) is 14.2 Å². The average molecular weight is 887 g/mol. The number of alkyl halides is 9. The fourth-order valence-corrected chi connectivity index (χ4v) is 4.37. The van der Waals surface area contributed by atoms with E-state index in [1.165, 1.54) is 36.4 Å². The molecule has 0 aromatic carbocycles. The summed E-state index contributed by atoms with van der Waals surface area (Å²) in [6.07, 6.45) is -14.8. The monoisotopic (exact) mass is 886 g/mol. The van der Waals surface area contributed by atoms with Crippen molar-refractivity contribution in [1.29, 1.82) is 0 Å². The zero-order valence-corrected chi connectivity index (χ0v) is 31.9. The molecule has 3 heterocycles. The number of hydrogen-bond acceptors (Lipinski definition) is 12. The minimum Gasteiger partial charge on any atom is -0.869 e. The van der Waals surface area contributed by atoms with Gasteiger partial charge >= 0.3 is 51.2 Å². The molecule has 9 nitrogen and oxygen atoms in total. The summed E-state index contributed by atoms with van der Waals surface area (Å²) in [5.74, 6) is -9.13. The van der Waals surface area contributed by atoms with Crippen LogP contribution in [0.1, 0.15) is 29.0 Å². The van der Waals surface area contributed by atoms with Gasteiger partial charge in [0.25, 0.3) is 0 Å². The second kappa shape index (κ2) is 26.0. The van der Waals surface area contributed by atoms with Crippen LogP contribution in [0.5, 0.6) is 0 Å². The Labute approximate surface area is 327 Å². The molecular formula is C30H26F9O9S3Y. The number of allylic oxidation sites excluding steroid dienone is 6. The fourth-order valence-electron chi connectivity index (χ4n) is 2.46. The third-order valence-electron chi connectivity index (χ3n) is 4.78. The molecule has 0 saturated heterocycles. The number of thiophene rings is 3. The first-order valence-corrected chi connectivity index (χ1v) is 16.0. The molecule has 0 unspecified atom stereocenters. The molecule has 0 aliphatic carbocycles. The van der Waals surface area contributed by atoms with Gasteiger partial charge in [0, 0.05) is 14.2 Å². The first-order valence-electron chi connectivity index (χ1n) is 13.3. The molecule has 3 aromatic heterocycles. The second-order valence-corrected chi connectivity index (χ2v) is 11.5. The summed E-state index contributed by atoms with van der Waals surface area (Å²) >= 11 is 2.95. The van der Waals surface area contributed by atoms with Gasteiger partial charge in [-0.25, -0.2) is 0 Å². The third kappa shape index (κ3) is 22.9. The predicted octanol–water partition coefficient (Wildman–Crippen LogP) is 5.51. The Balaban J connectivity index is 0. The zero-order chi connectivity index (χ0) is 39.3. The first-order chi connectivity index (χ1) is 23.6. The van der Waals surface area contributed by atoms with Crippen LogP contribution >= 0.6 is 34.0 Å². The van der Waals surface area contributed by atoms with Gasteiger partial charge in [-0.15, -0.1) is 34.0 Å². The van der Waals surface area contributed by atoms with Crippen molar-refractivity contribution in [3.05, 3.63) is 103 Å². The normalized spacial score (nSPS) is 12.2. The molecule has 22 heteroatoms. The maximum Gasteiger partial charge on any atom is 3.00 e. The summed E-state index contributed by atoms with van der Waals surface area (Å²) in [6, 6.07) is 8.62. The van der Waals surface area contributed by atoms with Crippen LogP contribution in [0.25, 0.3) is 0 Å². The number of halogens is 9. The van der Waals surface area contributed by atoms with Crippen LogP contribution in [-0.2, 0) is 46.9 Å². The Hall–Kier alpha value is -2.92. The molecule has 0 saturated carbocycles. The van der Waals surface area contributed by atoms with Crippen LogP contribution in [-0.4, -0.2) is 76.5 Å². The van der Waals surface area contributed by atoms with Crippen LogP contribution in [0.2, 0.25) is 0 Å².